The molecule has 0 aliphatic carbocycles. The van der Waals surface area contributed by atoms with Gasteiger partial charge in [0, 0.05) is 24.8 Å². The van der Waals surface area contributed by atoms with E-state index in [1.54, 1.807) is 0 Å². The number of hydrogen-bond donors (Lipinski definition) is 1. The Balaban J connectivity index is 2.82. The van der Waals surface area contributed by atoms with Crippen molar-refractivity contribution < 1.29 is 5.11 Å². The van der Waals surface area contributed by atoms with E-state index < -0.39 is 0 Å². The molecule has 0 fully saturated rings. The topological polar surface area (TPSA) is 23.5 Å². The van der Waals surface area contributed by atoms with Gasteiger partial charge in [0.15, 0.2) is 0 Å². The molecule has 15 heavy (non-hydrogen) atoms. The molecule has 0 amide bonds. The number of nitrogens with zero attached hydrogens (tertiary/aromatic N) is 1. The first-order chi connectivity index (χ1) is 7.19. The van der Waals surface area contributed by atoms with Gasteiger partial charge in [-0.1, -0.05) is 31.0 Å². The summed E-state index contributed by atoms with van der Waals surface area (Å²) in [7, 11) is 2.08. The van der Waals surface area contributed by atoms with Crippen LogP contribution in [0.4, 0.5) is 5.69 Å². The standard InChI is InChI=1S/C13H21NO/c1-4-5-8-14(3)13-7-6-11(2)9-12(13)10-15/h6-7,9,15H,4-5,8,10H2,1-3H3. The van der Waals surface area contributed by atoms with Crippen LogP contribution in [0.15, 0.2) is 18.2 Å². The number of unbranched alkanes of at least 4 members (excludes halogenated alkanes) is 1. The summed E-state index contributed by atoms with van der Waals surface area (Å²) in [4.78, 5) is 2.22. The quantitative estimate of drug-likeness (QED) is 0.802. The maximum absolute atomic E-state index is 9.29. The van der Waals surface area contributed by atoms with Crippen molar-refractivity contribution in [3.05, 3.63) is 29.3 Å². The van der Waals surface area contributed by atoms with Crippen molar-refractivity contribution in [2.45, 2.75) is 33.3 Å². The van der Waals surface area contributed by atoms with Crippen molar-refractivity contribution in [2.75, 3.05) is 18.5 Å². The summed E-state index contributed by atoms with van der Waals surface area (Å²) in [5.74, 6) is 0. The highest BCUT2D eigenvalue weighted by Gasteiger charge is 2.06. The Morgan fingerprint density at radius 3 is 2.67 bits per heavy atom. The van der Waals surface area contributed by atoms with E-state index in [2.05, 4.69) is 44.0 Å². The summed E-state index contributed by atoms with van der Waals surface area (Å²) in [6, 6.07) is 6.24. The second-order valence-electron chi connectivity index (χ2n) is 4.07. The molecule has 2 nitrogen and oxygen atoms in total. The van der Waals surface area contributed by atoms with Crippen LogP contribution >= 0.6 is 0 Å². The van der Waals surface area contributed by atoms with Crippen molar-refractivity contribution >= 4 is 5.69 Å². The van der Waals surface area contributed by atoms with Crippen LogP contribution in [0.3, 0.4) is 0 Å². The van der Waals surface area contributed by atoms with Gasteiger partial charge in [0.25, 0.3) is 0 Å². The molecule has 84 valence electrons. The van der Waals surface area contributed by atoms with Crippen LogP contribution in [-0.4, -0.2) is 18.7 Å². The lowest BCUT2D eigenvalue weighted by Gasteiger charge is -2.22. The molecule has 0 heterocycles. The largest absolute Gasteiger partial charge is 0.392 e. The van der Waals surface area contributed by atoms with Gasteiger partial charge < -0.3 is 10.0 Å². The molecule has 0 radical (unpaired) electrons. The Morgan fingerprint density at radius 1 is 1.33 bits per heavy atom. The lowest BCUT2D eigenvalue weighted by molar-refractivity contribution is 0.282. The zero-order valence-electron chi connectivity index (χ0n) is 9.95. The molecule has 1 rings (SSSR count). The third-order valence-corrected chi connectivity index (χ3v) is 2.66. The molecule has 0 spiro atoms. The number of benzene rings is 1. The molecule has 1 N–H and O–H groups in total. The Labute approximate surface area is 92.5 Å². The summed E-state index contributed by atoms with van der Waals surface area (Å²) < 4.78 is 0. The van der Waals surface area contributed by atoms with Crippen LogP contribution in [0.2, 0.25) is 0 Å². The van der Waals surface area contributed by atoms with E-state index in [1.165, 1.54) is 18.4 Å². The zero-order valence-corrected chi connectivity index (χ0v) is 9.95. The van der Waals surface area contributed by atoms with Crippen LogP contribution in [-0.2, 0) is 6.61 Å². The molecule has 1 aromatic carbocycles. The van der Waals surface area contributed by atoms with E-state index in [-0.39, 0.29) is 6.61 Å². The molecule has 0 aliphatic rings. The van der Waals surface area contributed by atoms with Crippen LogP contribution in [0.25, 0.3) is 0 Å². The SMILES string of the molecule is CCCCN(C)c1ccc(C)cc1CO. The molecule has 0 unspecified atom stereocenters. The van der Waals surface area contributed by atoms with E-state index in [1.807, 2.05) is 0 Å². The maximum atomic E-state index is 9.29. The van der Waals surface area contributed by atoms with Crippen LogP contribution in [0.5, 0.6) is 0 Å². The molecule has 0 atom stereocenters. The number of hydrogen-bond acceptors (Lipinski definition) is 2. The molecule has 0 aliphatic heterocycles. The summed E-state index contributed by atoms with van der Waals surface area (Å²) >= 11 is 0. The highest BCUT2D eigenvalue weighted by atomic mass is 16.3. The molecular formula is C13H21NO. The van der Waals surface area contributed by atoms with Gasteiger partial charge in [-0.3, -0.25) is 0 Å². The minimum absolute atomic E-state index is 0.119. The molecule has 2 heteroatoms. The fourth-order valence-electron chi connectivity index (χ4n) is 1.73. The van der Waals surface area contributed by atoms with Gasteiger partial charge in [0.1, 0.15) is 0 Å². The molecule has 0 saturated carbocycles. The fraction of sp³-hybridized carbons (Fsp3) is 0.538. The van der Waals surface area contributed by atoms with Gasteiger partial charge in [-0.2, -0.15) is 0 Å². The summed E-state index contributed by atoms with van der Waals surface area (Å²) in [6.07, 6.45) is 2.39. The van der Waals surface area contributed by atoms with E-state index in [0.717, 1.165) is 17.8 Å². The third-order valence-electron chi connectivity index (χ3n) is 2.66. The van der Waals surface area contributed by atoms with Crippen molar-refractivity contribution in [1.82, 2.24) is 0 Å². The van der Waals surface area contributed by atoms with E-state index >= 15 is 0 Å². The van der Waals surface area contributed by atoms with Gasteiger partial charge in [0.2, 0.25) is 0 Å². The second-order valence-corrected chi connectivity index (χ2v) is 4.07. The van der Waals surface area contributed by atoms with E-state index in [4.69, 9.17) is 0 Å². The van der Waals surface area contributed by atoms with Crippen LogP contribution in [0.1, 0.15) is 30.9 Å². The van der Waals surface area contributed by atoms with Crippen LogP contribution < -0.4 is 4.90 Å². The van der Waals surface area contributed by atoms with Gasteiger partial charge in [-0.05, 0) is 19.4 Å². The maximum Gasteiger partial charge on any atom is 0.0702 e. The fourth-order valence-corrected chi connectivity index (χ4v) is 1.73. The predicted molar refractivity (Wildman–Crippen MR) is 65.3 cm³/mol. The van der Waals surface area contributed by atoms with Gasteiger partial charge in [-0.25, -0.2) is 0 Å². The molecular weight excluding hydrogens is 186 g/mol. The minimum atomic E-state index is 0.119. The summed E-state index contributed by atoms with van der Waals surface area (Å²) in [6.45, 7) is 5.41. The number of aliphatic hydroxyl groups excluding tert-OH is 1. The van der Waals surface area contributed by atoms with Gasteiger partial charge >= 0.3 is 0 Å². The molecule has 0 bridgehead atoms. The first-order valence-electron chi connectivity index (χ1n) is 5.60. The van der Waals surface area contributed by atoms with E-state index in [9.17, 15) is 5.11 Å². The Morgan fingerprint density at radius 2 is 2.07 bits per heavy atom. The predicted octanol–water partition coefficient (Wildman–Crippen LogP) is 2.72. The normalized spacial score (nSPS) is 10.4. The van der Waals surface area contributed by atoms with Gasteiger partial charge in [-0.15, -0.1) is 0 Å². The van der Waals surface area contributed by atoms with Crippen molar-refractivity contribution in [1.29, 1.82) is 0 Å². The number of anilines is 1. The second kappa shape index (κ2) is 5.76. The average Bonchev–Trinajstić information content (AvgIpc) is 2.25. The highest BCUT2D eigenvalue weighted by Crippen LogP contribution is 2.21. The monoisotopic (exact) mass is 207 g/mol. The number of aliphatic hydroxyl groups is 1. The number of aryl methyl sites for hydroxylation is 1. The van der Waals surface area contributed by atoms with Crippen molar-refractivity contribution in [2.24, 2.45) is 0 Å². The van der Waals surface area contributed by atoms with Crippen molar-refractivity contribution in [3.8, 4) is 0 Å². The smallest absolute Gasteiger partial charge is 0.0702 e. The van der Waals surface area contributed by atoms with Gasteiger partial charge in [0.05, 0.1) is 6.61 Å². The lowest BCUT2D eigenvalue weighted by atomic mass is 10.1. The molecule has 1 aromatic rings. The van der Waals surface area contributed by atoms with E-state index in [0.29, 0.717) is 0 Å². The number of rotatable bonds is 5. The summed E-state index contributed by atoms with van der Waals surface area (Å²) in [5.41, 5.74) is 3.37. The Hall–Kier alpha value is -1.02. The highest BCUT2D eigenvalue weighted by molar-refractivity contribution is 5.54. The Kier molecular flexibility index (Phi) is 4.63. The first-order valence-corrected chi connectivity index (χ1v) is 5.60. The average molecular weight is 207 g/mol. The van der Waals surface area contributed by atoms with Crippen LogP contribution in [0, 0.1) is 6.92 Å². The molecule has 0 saturated heterocycles. The minimum Gasteiger partial charge on any atom is -0.392 e. The Bertz CT molecular complexity index is 309. The van der Waals surface area contributed by atoms with Crippen molar-refractivity contribution in [3.63, 3.8) is 0 Å². The lowest BCUT2D eigenvalue weighted by Crippen LogP contribution is -2.19. The summed E-state index contributed by atoms with van der Waals surface area (Å²) in [5, 5.41) is 9.29. The third kappa shape index (κ3) is 3.24. The zero-order chi connectivity index (χ0) is 11.3. The first kappa shape index (κ1) is 12.1. The molecule has 0 aromatic heterocycles.